The highest BCUT2D eigenvalue weighted by molar-refractivity contribution is 5.98. The van der Waals surface area contributed by atoms with Crippen LogP contribution in [-0.2, 0) is 0 Å². The third-order valence-electron chi connectivity index (χ3n) is 4.50. The first-order chi connectivity index (χ1) is 12.9. The van der Waals surface area contributed by atoms with Crippen molar-refractivity contribution in [1.82, 2.24) is 10.3 Å². The van der Waals surface area contributed by atoms with Crippen LogP contribution in [0.4, 0.5) is 10.2 Å². The largest absolute Gasteiger partial charge is 0.507 e. The number of rotatable bonds is 7. The van der Waals surface area contributed by atoms with Gasteiger partial charge in [0.15, 0.2) is 12.1 Å². The number of nitrogens with one attached hydrogen (secondary N) is 2. The Morgan fingerprint density at radius 3 is 2.85 bits per heavy atom. The predicted octanol–water partition coefficient (Wildman–Crippen LogP) is 2.22. The maximum atomic E-state index is 14.2. The Morgan fingerprint density at radius 2 is 2.22 bits per heavy atom. The maximum absolute atomic E-state index is 14.2. The molecule has 0 saturated heterocycles. The Bertz CT molecular complexity index is 895. The SMILES string of the molecule is CCC(=O)c1ccc(F)c([C@@H]2C[C@@H]2NC(O)Nc2ccc(C#N)cn2)c1O. The first-order valence-electron chi connectivity index (χ1n) is 8.56. The molecule has 1 saturated carbocycles. The number of aliphatic hydroxyl groups excluding tert-OH is 1. The summed E-state index contributed by atoms with van der Waals surface area (Å²) in [7, 11) is 0. The minimum atomic E-state index is -1.15. The number of pyridine rings is 1. The van der Waals surface area contributed by atoms with Gasteiger partial charge in [-0.05, 0) is 30.7 Å². The van der Waals surface area contributed by atoms with E-state index < -0.39 is 12.2 Å². The molecule has 1 aromatic heterocycles. The Kier molecular flexibility index (Phi) is 5.35. The van der Waals surface area contributed by atoms with E-state index in [2.05, 4.69) is 15.6 Å². The minimum absolute atomic E-state index is 0.0931. The van der Waals surface area contributed by atoms with Crippen LogP contribution in [0.15, 0.2) is 30.5 Å². The van der Waals surface area contributed by atoms with Gasteiger partial charge < -0.3 is 15.5 Å². The van der Waals surface area contributed by atoms with Crippen LogP contribution in [0.5, 0.6) is 5.75 Å². The molecule has 0 aliphatic heterocycles. The summed E-state index contributed by atoms with van der Waals surface area (Å²) in [6.45, 7) is 1.67. The number of carbonyl (C=O) groups is 1. The van der Waals surface area contributed by atoms with Gasteiger partial charge in [-0.15, -0.1) is 0 Å². The van der Waals surface area contributed by atoms with Crippen molar-refractivity contribution < 1.29 is 19.4 Å². The van der Waals surface area contributed by atoms with Crippen molar-refractivity contribution >= 4 is 11.6 Å². The van der Waals surface area contributed by atoms with E-state index in [9.17, 15) is 19.4 Å². The highest BCUT2D eigenvalue weighted by atomic mass is 19.1. The van der Waals surface area contributed by atoms with Gasteiger partial charge in [0.05, 0.1) is 11.1 Å². The van der Waals surface area contributed by atoms with Crippen molar-refractivity contribution in [3.8, 4) is 11.8 Å². The van der Waals surface area contributed by atoms with E-state index in [1.165, 1.54) is 18.3 Å². The van der Waals surface area contributed by atoms with Crippen LogP contribution in [0.1, 0.15) is 47.2 Å². The molecule has 0 radical (unpaired) electrons. The second kappa shape index (κ2) is 7.70. The number of nitrogens with zero attached hydrogens (tertiary/aromatic N) is 2. The van der Waals surface area contributed by atoms with Gasteiger partial charge >= 0.3 is 0 Å². The van der Waals surface area contributed by atoms with E-state index in [4.69, 9.17) is 5.26 Å². The molecular weight excluding hydrogens is 351 g/mol. The number of aromatic nitrogens is 1. The number of halogens is 1. The lowest BCUT2D eigenvalue weighted by atomic mass is 10.00. The molecule has 1 aliphatic rings. The Morgan fingerprint density at radius 1 is 1.44 bits per heavy atom. The van der Waals surface area contributed by atoms with Crippen LogP contribution in [0.3, 0.4) is 0 Å². The third kappa shape index (κ3) is 4.05. The molecule has 0 bridgehead atoms. The molecule has 1 heterocycles. The van der Waals surface area contributed by atoms with Gasteiger partial charge in [-0.25, -0.2) is 9.37 Å². The first-order valence-corrected chi connectivity index (χ1v) is 8.56. The monoisotopic (exact) mass is 370 g/mol. The lowest BCUT2D eigenvalue weighted by Crippen LogP contribution is -2.38. The average molecular weight is 370 g/mol. The standard InChI is InChI=1S/C19H19FN4O3/c1-2-15(25)11-4-5-13(20)17(18(11)26)12-7-14(12)23-19(27)24-16-6-3-10(8-21)9-22-16/h3-6,9,12,14,19,23,26-27H,2,7H2,1H3,(H,22,24)/t12-,14+,19?/m1/s1. The second-order valence-electron chi connectivity index (χ2n) is 6.34. The highest BCUT2D eigenvalue weighted by Crippen LogP contribution is 2.47. The summed E-state index contributed by atoms with van der Waals surface area (Å²) in [6, 6.07) is 7.27. The first kappa shape index (κ1) is 18.8. The number of hydrogen-bond acceptors (Lipinski definition) is 7. The number of benzene rings is 1. The van der Waals surface area contributed by atoms with E-state index in [0.29, 0.717) is 17.8 Å². The summed E-state index contributed by atoms with van der Waals surface area (Å²) in [5, 5.41) is 34.7. The molecule has 1 aromatic carbocycles. The van der Waals surface area contributed by atoms with Gasteiger partial charge in [-0.3, -0.25) is 10.1 Å². The molecule has 1 fully saturated rings. The molecule has 27 heavy (non-hydrogen) atoms. The van der Waals surface area contributed by atoms with Crippen molar-refractivity contribution in [2.24, 2.45) is 0 Å². The number of hydrogen-bond donors (Lipinski definition) is 4. The van der Waals surface area contributed by atoms with Gasteiger partial charge in [0.1, 0.15) is 23.5 Å². The van der Waals surface area contributed by atoms with Crippen molar-refractivity contribution in [2.75, 3.05) is 5.32 Å². The van der Waals surface area contributed by atoms with Crippen molar-refractivity contribution in [3.63, 3.8) is 0 Å². The summed E-state index contributed by atoms with van der Waals surface area (Å²) in [5.74, 6) is -1.14. The molecule has 3 rings (SSSR count). The fourth-order valence-electron chi connectivity index (χ4n) is 2.98. The summed E-state index contributed by atoms with van der Waals surface area (Å²) in [4.78, 5) is 15.9. The maximum Gasteiger partial charge on any atom is 0.182 e. The van der Waals surface area contributed by atoms with Gasteiger partial charge in [-0.2, -0.15) is 5.26 Å². The number of phenols is 1. The molecule has 4 N–H and O–H groups in total. The second-order valence-corrected chi connectivity index (χ2v) is 6.34. The van der Waals surface area contributed by atoms with Crippen molar-refractivity contribution in [3.05, 3.63) is 53.0 Å². The fourth-order valence-corrected chi connectivity index (χ4v) is 2.98. The number of phenolic OH excluding ortho intramolecular Hbond substituents is 1. The minimum Gasteiger partial charge on any atom is -0.507 e. The van der Waals surface area contributed by atoms with E-state index in [0.717, 1.165) is 0 Å². The summed E-state index contributed by atoms with van der Waals surface area (Å²) in [5.41, 5.74) is 0.605. The van der Waals surface area contributed by atoms with Gasteiger partial charge in [0.25, 0.3) is 0 Å². The highest BCUT2D eigenvalue weighted by Gasteiger charge is 2.43. The van der Waals surface area contributed by atoms with Gasteiger partial charge in [0, 0.05) is 30.1 Å². The normalized spacial score (nSPS) is 19.2. The Labute approximate surface area is 155 Å². The van der Waals surface area contributed by atoms with Crippen LogP contribution in [-0.4, -0.2) is 33.4 Å². The number of carbonyl (C=O) groups excluding carboxylic acids is 1. The quantitative estimate of drug-likeness (QED) is 0.436. The molecule has 8 heteroatoms. The number of nitriles is 1. The molecule has 3 atom stereocenters. The third-order valence-corrected chi connectivity index (χ3v) is 4.50. The zero-order valence-electron chi connectivity index (χ0n) is 14.6. The van der Waals surface area contributed by atoms with Crippen LogP contribution < -0.4 is 10.6 Å². The fraction of sp³-hybridized carbons (Fsp3) is 0.316. The zero-order valence-corrected chi connectivity index (χ0v) is 14.6. The van der Waals surface area contributed by atoms with Crippen molar-refractivity contribution in [2.45, 2.75) is 38.1 Å². The molecule has 2 aromatic rings. The van der Waals surface area contributed by atoms with E-state index in [1.54, 1.807) is 19.1 Å². The molecule has 140 valence electrons. The van der Waals surface area contributed by atoms with E-state index in [1.807, 2.05) is 6.07 Å². The number of aromatic hydroxyl groups is 1. The summed E-state index contributed by atoms with van der Waals surface area (Å²) in [6.07, 6.45) is 0.948. The van der Waals surface area contributed by atoms with Crippen LogP contribution in [0, 0.1) is 17.1 Å². The Hall–Kier alpha value is -3.02. The van der Waals surface area contributed by atoms with Gasteiger partial charge in [-0.1, -0.05) is 6.92 Å². The Balaban J connectivity index is 1.65. The lowest BCUT2D eigenvalue weighted by Gasteiger charge is -2.16. The van der Waals surface area contributed by atoms with Crippen molar-refractivity contribution in [1.29, 1.82) is 5.26 Å². The molecule has 7 nitrogen and oxygen atoms in total. The summed E-state index contributed by atoms with van der Waals surface area (Å²) >= 11 is 0. The van der Waals surface area contributed by atoms with Gasteiger partial charge in [0.2, 0.25) is 0 Å². The van der Waals surface area contributed by atoms with Crippen LogP contribution in [0.2, 0.25) is 0 Å². The molecular formula is C19H19FN4O3. The topological polar surface area (TPSA) is 118 Å². The van der Waals surface area contributed by atoms with Crippen LogP contribution in [0.25, 0.3) is 0 Å². The number of ketones is 1. The average Bonchev–Trinajstić information content (AvgIpc) is 3.40. The number of anilines is 1. The van der Waals surface area contributed by atoms with E-state index >= 15 is 0 Å². The van der Waals surface area contributed by atoms with Crippen LogP contribution >= 0.6 is 0 Å². The molecule has 0 amide bonds. The zero-order chi connectivity index (χ0) is 19.6. The summed E-state index contributed by atoms with van der Waals surface area (Å²) < 4.78 is 14.2. The molecule has 1 unspecified atom stereocenters. The molecule has 0 spiro atoms. The smallest absolute Gasteiger partial charge is 0.182 e. The number of aliphatic hydroxyl groups is 1. The predicted molar refractivity (Wildman–Crippen MR) is 95.5 cm³/mol. The molecule has 1 aliphatic carbocycles. The lowest BCUT2D eigenvalue weighted by molar-refractivity contribution is 0.0985. The number of Topliss-reactive ketones (excluding diaryl/α,β-unsaturated/α-hetero) is 1. The van der Waals surface area contributed by atoms with E-state index in [-0.39, 0.29) is 41.0 Å².